The second-order valence-electron chi connectivity index (χ2n) is 6.76. The molecule has 2 aliphatic rings. The summed E-state index contributed by atoms with van der Waals surface area (Å²) in [5.74, 6) is 0. The Morgan fingerprint density at radius 2 is 2.10 bits per heavy atom. The molecule has 3 heteroatoms. The van der Waals surface area contributed by atoms with Crippen LogP contribution in [0.1, 0.15) is 65.2 Å². The summed E-state index contributed by atoms with van der Waals surface area (Å²) in [4.78, 5) is 2.63. The molecule has 3 nitrogen and oxygen atoms in total. The molecule has 2 heterocycles. The number of fused-ring (bicyclic) bond motifs is 1. The zero-order valence-electron chi connectivity index (χ0n) is 13.6. The van der Waals surface area contributed by atoms with E-state index >= 15 is 0 Å². The van der Waals surface area contributed by atoms with Gasteiger partial charge in [-0.15, -0.1) is 0 Å². The molecule has 118 valence electrons. The van der Waals surface area contributed by atoms with E-state index in [1.54, 1.807) is 0 Å². The standard InChI is InChI=1S/C17H34N2O/c1-3-4-5-6-7-9-15(2)18-12-17-13-19-11-8-10-16(19)14-20-17/h15-18H,3-14H2,1-2H3. The third-order valence-corrected chi connectivity index (χ3v) is 4.90. The van der Waals surface area contributed by atoms with Crippen LogP contribution in [0.2, 0.25) is 0 Å². The second kappa shape index (κ2) is 9.01. The number of unbranched alkanes of at least 4 members (excludes halogenated alkanes) is 4. The lowest BCUT2D eigenvalue weighted by molar-refractivity contribution is -0.0477. The molecule has 3 unspecified atom stereocenters. The Bertz CT molecular complexity index is 259. The van der Waals surface area contributed by atoms with Gasteiger partial charge in [-0.2, -0.15) is 0 Å². The SMILES string of the molecule is CCCCCCCC(C)NCC1CN2CCCC2CO1. The lowest BCUT2D eigenvalue weighted by Gasteiger charge is -2.35. The number of nitrogens with one attached hydrogen (secondary N) is 1. The van der Waals surface area contributed by atoms with Crippen molar-refractivity contribution in [2.75, 3.05) is 26.2 Å². The summed E-state index contributed by atoms with van der Waals surface area (Å²) < 4.78 is 6.00. The first kappa shape index (κ1) is 16.3. The van der Waals surface area contributed by atoms with Gasteiger partial charge in [0.25, 0.3) is 0 Å². The van der Waals surface area contributed by atoms with Gasteiger partial charge >= 0.3 is 0 Å². The van der Waals surface area contributed by atoms with E-state index in [9.17, 15) is 0 Å². The fourth-order valence-electron chi connectivity index (χ4n) is 3.50. The minimum atomic E-state index is 0.409. The number of hydrogen-bond donors (Lipinski definition) is 1. The highest BCUT2D eigenvalue weighted by atomic mass is 16.5. The molecule has 0 amide bonds. The fourth-order valence-corrected chi connectivity index (χ4v) is 3.50. The number of ether oxygens (including phenoxy) is 1. The predicted octanol–water partition coefficient (Wildman–Crippen LogP) is 3.19. The smallest absolute Gasteiger partial charge is 0.0827 e. The first-order chi connectivity index (χ1) is 9.79. The van der Waals surface area contributed by atoms with Crippen molar-refractivity contribution in [2.45, 2.75) is 83.4 Å². The minimum absolute atomic E-state index is 0.409. The predicted molar refractivity (Wildman–Crippen MR) is 85.2 cm³/mol. The van der Waals surface area contributed by atoms with Gasteiger partial charge in [-0.25, -0.2) is 0 Å². The maximum Gasteiger partial charge on any atom is 0.0827 e. The highest BCUT2D eigenvalue weighted by molar-refractivity contribution is 4.86. The van der Waals surface area contributed by atoms with E-state index in [0.717, 1.165) is 25.7 Å². The molecule has 2 rings (SSSR count). The van der Waals surface area contributed by atoms with Gasteiger partial charge in [-0.3, -0.25) is 4.90 Å². The first-order valence-corrected chi connectivity index (χ1v) is 8.88. The average molecular weight is 282 g/mol. The maximum atomic E-state index is 6.00. The van der Waals surface area contributed by atoms with Crippen molar-refractivity contribution in [3.05, 3.63) is 0 Å². The molecule has 0 aromatic rings. The van der Waals surface area contributed by atoms with Crippen LogP contribution in [-0.2, 0) is 4.74 Å². The Kier molecular flexibility index (Phi) is 7.32. The van der Waals surface area contributed by atoms with Crippen LogP contribution < -0.4 is 5.32 Å². The molecule has 2 saturated heterocycles. The summed E-state index contributed by atoms with van der Waals surface area (Å²) in [5.41, 5.74) is 0. The third-order valence-electron chi connectivity index (χ3n) is 4.90. The molecule has 1 N–H and O–H groups in total. The highest BCUT2D eigenvalue weighted by Gasteiger charge is 2.31. The molecule has 0 saturated carbocycles. The summed E-state index contributed by atoms with van der Waals surface area (Å²) in [6, 6.07) is 1.36. The summed E-state index contributed by atoms with van der Waals surface area (Å²) in [7, 11) is 0. The zero-order valence-corrected chi connectivity index (χ0v) is 13.6. The van der Waals surface area contributed by atoms with Crippen molar-refractivity contribution in [1.82, 2.24) is 10.2 Å². The summed E-state index contributed by atoms with van der Waals surface area (Å²) >= 11 is 0. The molecule has 20 heavy (non-hydrogen) atoms. The number of nitrogens with zero attached hydrogens (tertiary/aromatic N) is 1. The van der Waals surface area contributed by atoms with Crippen LogP contribution in [0.3, 0.4) is 0 Å². The number of rotatable bonds is 9. The molecule has 2 aliphatic heterocycles. The normalized spacial score (nSPS) is 28.5. The summed E-state index contributed by atoms with van der Waals surface area (Å²) in [6.07, 6.45) is 11.3. The largest absolute Gasteiger partial charge is 0.374 e. The van der Waals surface area contributed by atoms with Gasteiger partial charge in [0.1, 0.15) is 0 Å². The number of hydrogen-bond acceptors (Lipinski definition) is 3. The first-order valence-electron chi connectivity index (χ1n) is 8.88. The van der Waals surface area contributed by atoms with Gasteiger partial charge in [-0.05, 0) is 32.7 Å². The van der Waals surface area contributed by atoms with Gasteiger partial charge in [-0.1, -0.05) is 39.0 Å². The van der Waals surface area contributed by atoms with Gasteiger partial charge in [0.2, 0.25) is 0 Å². The van der Waals surface area contributed by atoms with E-state index in [2.05, 4.69) is 24.1 Å². The average Bonchev–Trinajstić information content (AvgIpc) is 2.92. The molecule has 0 aromatic carbocycles. The van der Waals surface area contributed by atoms with Crippen LogP contribution in [0.25, 0.3) is 0 Å². The van der Waals surface area contributed by atoms with Crippen LogP contribution in [0, 0.1) is 0 Å². The molecule has 2 fully saturated rings. The van der Waals surface area contributed by atoms with E-state index in [4.69, 9.17) is 4.74 Å². The van der Waals surface area contributed by atoms with Crippen molar-refractivity contribution in [3.63, 3.8) is 0 Å². The fraction of sp³-hybridized carbons (Fsp3) is 1.00. The molecule has 0 aliphatic carbocycles. The topological polar surface area (TPSA) is 24.5 Å². The molecule has 0 aromatic heterocycles. The summed E-state index contributed by atoms with van der Waals surface area (Å²) in [6.45, 7) is 9.01. The lowest BCUT2D eigenvalue weighted by atomic mass is 10.1. The Labute approximate surface area is 125 Å². The molecule has 0 spiro atoms. The quantitative estimate of drug-likeness (QED) is 0.657. The lowest BCUT2D eigenvalue weighted by Crippen LogP contribution is -2.50. The third kappa shape index (κ3) is 5.34. The number of morpholine rings is 1. The van der Waals surface area contributed by atoms with Crippen LogP contribution in [0.15, 0.2) is 0 Å². The second-order valence-corrected chi connectivity index (χ2v) is 6.76. The minimum Gasteiger partial charge on any atom is -0.374 e. The van der Waals surface area contributed by atoms with E-state index in [-0.39, 0.29) is 0 Å². The Morgan fingerprint density at radius 1 is 1.25 bits per heavy atom. The van der Waals surface area contributed by atoms with Crippen molar-refractivity contribution >= 4 is 0 Å². The molecular weight excluding hydrogens is 248 g/mol. The zero-order chi connectivity index (χ0) is 14.2. The van der Waals surface area contributed by atoms with Crippen LogP contribution in [-0.4, -0.2) is 49.3 Å². The van der Waals surface area contributed by atoms with E-state index in [1.165, 1.54) is 57.9 Å². The van der Waals surface area contributed by atoms with E-state index in [0.29, 0.717) is 12.1 Å². The summed E-state index contributed by atoms with van der Waals surface area (Å²) in [5, 5.41) is 3.67. The highest BCUT2D eigenvalue weighted by Crippen LogP contribution is 2.22. The Balaban J connectivity index is 1.51. The molecule has 0 radical (unpaired) electrons. The van der Waals surface area contributed by atoms with Crippen LogP contribution in [0.4, 0.5) is 0 Å². The van der Waals surface area contributed by atoms with Gasteiger partial charge in [0, 0.05) is 25.2 Å². The van der Waals surface area contributed by atoms with E-state index < -0.39 is 0 Å². The van der Waals surface area contributed by atoms with Crippen LogP contribution in [0.5, 0.6) is 0 Å². The van der Waals surface area contributed by atoms with Crippen molar-refractivity contribution in [3.8, 4) is 0 Å². The van der Waals surface area contributed by atoms with E-state index in [1.807, 2.05) is 0 Å². The Morgan fingerprint density at radius 3 is 2.95 bits per heavy atom. The van der Waals surface area contributed by atoms with Gasteiger partial charge in [0.05, 0.1) is 12.7 Å². The van der Waals surface area contributed by atoms with Crippen molar-refractivity contribution < 1.29 is 4.74 Å². The molecule has 3 atom stereocenters. The van der Waals surface area contributed by atoms with Gasteiger partial charge < -0.3 is 10.1 Å². The van der Waals surface area contributed by atoms with Crippen molar-refractivity contribution in [1.29, 1.82) is 0 Å². The Hall–Kier alpha value is -0.120. The molecule has 0 bridgehead atoms. The maximum absolute atomic E-state index is 6.00. The van der Waals surface area contributed by atoms with Crippen molar-refractivity contribution in [2.24, 2.45) is 0 Å². The molecular formula is C17H34N2O. The van der Waals surface area contributed by atoms with Gasteiger partial charge in [0.15, 0.2) is 0 Å². The van der Waals surface area contributed by atoms with Crippen LogP contribution >= 0.6 is 0 Å². The monoisotopic (exact) mass is 282 g/mol.